The number of nitrogens with one attached hydrogen (secondary N) is 1. The number of nitrogens with zero attached hydrogens (tertiary/aromatic N) is 3. The Balaban J connectivity index is 2.46. The molecule has 0 aliphatic carbocycles. The number of aromatic nitrogens is 4. The van der Waals surface area contributed by atoms with Crippen molar-refractivity contribution in [1.82, 2.24) is 19.8 Å². The molecule has 0 radical (unpaired) electrons. The number of hydrogen-bond donors (Lipinski definition) is 1. The first-order valence-corrected chi connectivity index (χ1v) is 5.31. The number of benzene rings is 1. The van der Waals surface area contributed by atoms with E-state index < -0.39 is 11.7 Å². The highest BCUT2D eigenvalue weighted by atomic mass is 32.1. The lowest BCUT2D eigenvalue weighted by Crippen LogP contribution is -2.05. The average molecular weight is 270 g/mol. The molecule has 2 aromatic heterocycles. The summed E-state index contributed by atoms with van der Waals surface area (Å²) in [7, 11) is 0. The SMILES string of the molecule is FC(F)(F)c1ccc2[nH]c(=S)n3nncc3c2c1. The highest BCUT2D eigenvalue weighted by Gasteiger charge is 2.30. The molecule has 0 fully saturated rings. The second-order valence-electron chi connectivity index (χ2n) is 3.72. The van der Waals surface area contributed by atoms with Crippen LogP contribution in [0.5, 0.6) is 0 Å². The maximum Gasteiger partial charge on any atom is 0.416 e. The Labute approximate surface area is 103 Å². The molecule has 0 bridgehead atoms. The fourth-order valence-corrected chi connectivity index (χ4v) is 2.02. The van der Waals surface area contributed by atoms with Crippen molar-refractivity contribution < 1.29 is 13.2 Å². The Bertz CT molecular complexity index is 802. The molecular formula is C10H5F3N4S. The summed E-state index contributed by atoms with van der Waals surface area (Å²) in [6, 6.07) is 3.41. The molecule has 3 aromatic rings. The maximum absolute atomic E-state index is 12.7. The van der Waals surface area contributed by atoms with E-state index in [4.69, 9.17) is 12.2 Å². The molecule has 0 saturated carbocycles. The molecule has 0 atom stereocenters. The van der Waals surface area contributed by atoms with E-state index in [2.05, 4.69) is 15.3 Å². The smallest absolute Gasteiger partial charge is 0.330 e. The zero-order valence-corrected chi connectivity index (χ0v) is 9.51. The number of H-pyrrole nitrogens is 1. The highest BCUT2D eigenvalue weighted by molar-refractivity contribution is 7.71. The zero-order chi connectivity index (χ0) is 12.9. The van der Waals surface area contributed by atoms with Crippen LogP contribution >= 0.6 is 12.2 Å². The standard InChI is InChI=1S/C10H5F3N4S/c11-10(12,13)5-1-2-7-6(3-5)8-4-14-16-17(8)9(18)15-7/h1-4H,(H,15,18). The van der Waals surface area contributed by atoms with Gasteiger partial charge in [-0.25, -0.2) is 0 Å². The minimum Gasteiger partial charge on any atom is -0.330 e. The van der Waals surface area contributed by atoms with Crippen LogP contribution in [-0.4, -0.2) is 19.8 Å². The Hall–Kier alpha value is -1.96. The molecule has 0 unspecified atom stereocenters. The second-order valence-corrected chi connectivity index (χ2v) is 4.11. The molecule has 1 aromatic carbocycles. The van der Waals surface area contributed by atoms with Crippen LogP contribution in [0.15, 0.2) is 24.4 Å². The van der Waals surface area contributed by atoms with Gasteiger partial charge in [0.2, 0.25) is 4.77 Å². The summed E-state index contributed by atoms with van der Waals surface area (Å²) in [5, 5.41) is 7.74. The van der Waals surface area contributed by atoms with E-state index in [-0.39, 0.29) is 4.77 Å². The summed E-state index contributed by atoms with van der Waals surface area (Å²) < 4.78 is 39.5. The quantitative estimate of drug-likeness (QED) is 0.639. The van der Waals surface area contributed by atoms with Crippen molar-refractivity contribution in [2.75, 3.05) is 0 Å². The molecule has 1 N–H and O–H groups in total. The fourth-order valence-electron chi connectivity index (χ4n) is 1.78. The molecule has 18 heavy (non-hydrogen) atoms. The minimum atomic E-state index is -4.38. The monoisotopic (exact) mass is 270 g/mol. The van der Waals surface area contributed by atoms with Gasteiger partial charge in [0.25, 0.3) is 0 Å². The van der Waals surface area contributed by atoms with Crippen molar-refractivity contribution in [2.45, 2.75) is 6.18 Å². The number of halogens is 3. The molecule has 0 spiro atoms. The van der Waals surface area contributed by atoms with Crippen molar-refractivity contribution in [2.24, 2.45) is 0 Å². The summed E-state index contributed by atoms with van der Waals surface area (Å²) in [6.07, 6.45) is -3.00. The van der Waals surface area contributed by atoms with E-state index in [1.54, 1.807) is 0 Å². The Morgan fingerprint density at radius 1 is 1.28 bits per heavy atom. The summed E-state index contributed by atoms with van der Waals surface area (Å²) in [5.41, 5.74) is 0.242. The summed E-state index contributed by atoms with van der Waals surface area (Å²) in [4.78, 5) is 2.81. The second kappa shape index (κ2) is 3.52. The number of aromatic amines is 1. The third kappa shape index (κ3) is 1.57. The van der Waals surface area contributed by atoms with Crippen molar-refractivity contribution in [1.29, 1.82) is 0 Å². The van der Waals surface area contributed by atoms with Crippen LogP contribution in [0.25, 0.3) is 16.4 Å². The van der Waals surface area contributed by atoms with E-state index >= 15 is 0 Å². The Morgan fingerprint density at radius 2 is 2.06 bits per heavy atom. The van der Waals surface area contributed by atoms with Gasteiger partial charge in [0.15, 0.2) is 0 Å². The number of hydrogen-bond acceptors (Lipinski definition) is 3. The van der Waals surface area contributed by atoms with Gasteiger partial charge in [-0.1, -0.05) is 5.21 Å². The predicted molar refractivity (Wildman–Crippen MR) is 60.7 cm³/mol. The van der Waals surface area contributed by atoms with Crippen molar-refractivity contribution in [3.8, 4) is 0 Å². The van der Waals surface area contributed by atoms with E-state index in [0.29, 0.717) is 16.4 Å². The van der Waals surface area contributed by atoms with Gasteiger partial charge in [-0.2, -0.15) is 17.7 Å². The first kappa shape index (κ1) is 11.1. The molecular weight excluding hydrogens is 265 g/mol. The van der Waals surface area contributed by atoms with Crippen molar-refractivity contribution >= 4 is 28.6 Å². The first-order valence-electron chi connectivity index (χ1n) is 4.90. The molecule has 0 aliphatic rings. The number of fused-ring (bicyclic) bond motifs is 3. The van der Waals surface area contributed by atoms with Crippen LogP contribution in [0, 0.1) is 4.77 Å². The lowest BCUT2D eigenvalue weighted by molar-refractivity contribution is -0.137. The van der Waals surface area contributed by atoms with Crippen LogP contribution in [0.1, 0.15) is 5.56 Å². The average Bonchev–Trinajstić information content (AvgIpc) is 2.77. The van der Waals surface area contributed by atoms with Gasteiger partial charge in [-0.05, 0) is 30.4 Å². The van der Waals surface area contributed by atoms with Gasteiger partial charge in [0.05, 0.1) is 17.3 Å². The molecule has 0 aliphatic heterocycles. The van der Waals surface area contributed by atoms with Crippen molar-refractivity contribution in [3.63, 3.8) is 0 Å². The molecule has 4 nitrogen and oxygen atoms in total. The topological polar surface area (TPSA) is 46.0 Å². The van der Waals surface area contributed by atoms with Gasteiger partial charge >= 0.3 is 6.18 Å². The first-order chi connectivity index (χ1) is 8.47. The van der Waals surface area contributed by atoms with Gasteiger partial charge in [0.1, 0.15) is 0 Å². The fraction of sp³-hybridized carbons (Fsp3) is 0.100. The maximum atomic E-state index is 12.7. The summed E-state index contributed by atoms with van der Waals surface area (Å²) >= 11 is 5.02. The predicted octanol–water partition coefficient (Wildman–Crippen LogP) is 2.96. The van der Waals surface area contributed by atoms with E-state index in [9.17, 15) is 13.2 Å². The van der Waals surface area contributed by atoms with Crippen LogP contribution < -0.4 is 0 Å². The van der Waals surface area contributed by atoms with Crippen molar-refractivity contribution in [3.05, 3.63) is 34.7 Å². The summed E-state index contributed by atoms with van der Waals surface area (Å²) in [6.45, 7) is 0. The Kier molecular flexibility index (Phi) is 2.18. The van der Waals surface area contributed by atoms with Crippen LogP contribution in [0.2, 0.25) is 0 Å². The van der Waals surface area contributed by atoms with Crippen LogP contribution in [0.3, 0.4) is 0 Å². The zero-order valence-electron chi connectivity index (χ0n) is 8.69. The number of alkyl halides is 3. The van der Waals surface area contributed by atoms with Gasteiger partial charge in [0, 0.05) is 10.9 Å². The van der Waals surface area contributed by atoms with Gasteiger partial charge < -0.3 is 4.98 Å². The van der Waals surface area contributed by atoms with Gasteiger partial charge in [-0.15, -0.1) is 5.10 Å². The van der Waals surface area contributed by atoms with E-state index in [1.807, 2.05) is 0 Å². The van der Waals surface area contributed by atoms with E-state index in [1.165, 1.54) is 16.8 Å². The Morgan fingerprint density at radius 3 is 2.78 bits per heavy atom. The summed E-state index contributed by atoms with van der Waals surface area (Å²) in [5.74, 6) is 0. The molecule has 2 heterocycles. The van der Waals surface area contributed by atoms with Crippen LogP contribution in [0.4, 0.5) is 13.2 Å². The molecule has 92 valence electrons. The highest BCUT2D eigenvalue weighted by Crippen LogP contribution is 2.31. The van der Waals surface area contributed by atoms with E-state index in [0.717, 1.165) is 12.1 Å². The minimum absolute atomic E-state index is 0.287. The normalized spacial score (nSPS) is 12.4. The molecule has 0 amide bonds. The molecule has 8 heteroatoms. The lowest BCUT2D eigenvalue weighted by Gasteiger charge is -2.08. The third-order valence-corrected chi connectivity index (χ3v) is 2.88. The lowest BCUT2D eigenvalue weighted by atomic mass is 10.1. The van der Waals surface area contributed by atoms with Gasteiger partial charge in [-0.3, -0.25) is 0 Å². The third-order valence-electron chi connectivity index (χ3n) is 2.61. The number of rotatable bonds is 0. The largest absolute Gasteiger partial charge is 0.416 e. The molecule has 3 rings (SSSR count). The van der Waals surface area contributed by atoms with Crippen LogP contribution in [-0.2, 0) is 6.18 Å². The molecule has 0 saturated heterocycles.